The van der Waals surface area contributed by atoms with E-state index in [9.17, 15) is 0 Å². The van der Waals surface area contributed by atoms with Gasteiger partial charge in [0.25, 0.3) is 0 Å². The molecule has 1 atom stereocenters. The van der Waals surface area contributed by atoms with Crippen LogP contribution in [-0.4, -0.2) is 4.98 Å². The Morgan fingerprint density at radius 3 is 2.82 bits per heavy atom. The Morgan fingerprint density at radius 2 is 2.12 bits per heavy atom. The van der Waals surface area contributed by atoms with Crippen LogP contribution in [-0.2, 0) is 6.54 Å². The van der Waals surface area contributed by atoms with Crippen molar-refractivity contribution in [3.63, 3.8) is 0 Å². The molecule has 0 saturated heterocycles. The number of rotatable bonds is 4. The van der Waals surface area contributed by atoms with Crippen molar-refractivity contribution in [2.75, 3.05) is 0 Å². The molecule has 2 rings (SSSR count). The van der Waals surface area contributed by atoms with Gasteiger partial charge < -0.3 is 5.32 Å². The molecule has 0 unspecified atom stereocenters. The van der Waals surface area contributed by atoms with E-state index in [2.05, 4.69) is 54.5 Å². The molecule has 0 radical (unpaired) electrons. The van der Waals surface area contributed by atoms with Crippen LogP contribution in [0.1, 0.15) is 29.7 Å². The van der Waals surface area contributed by atoms with Crippen LogP contribution in [0.4, 0.5) is 0 Å². The molecule has 0 aliphatic rings. The molecule has 2 nitrogen and oxygen atoms in total. The van der Waals surface area contributed by atoms with E-state index in [1.807, 2.05) is 12.3 Å². The smallest absolute Gasteiger partial charge is 0.0312 e. The second-order valence-electron chi connectivity index (χ2n) is 4.38. The molecular formula is C15H18N2. The summed E-state index contributed by atoms with van der Waals surface area (Å²) in [5, 5.41) is 3.50. The van der Waals surface area contributed by atoms with Crippen LogP contribution < -0.4 is 5.32 Å². The molecule has 0 fully saturated rings. The average molecular weight is 226 g/mol. The lowest BCUT2D eigenvalue weighted by atomic mass is 10.1. The summed E-state index contributed by atoms with van der Waals surface area (Å²) in [5.41, 5.74) is 3.85. The molecule has 88 valence electrons. The minimum absolute atomic E-state index is 0.357. The zero-order valence-corrected chi connectivity index (χ0v) is 10.4. The van der Waals surface area contributed by atoms with Crippen molar-refractivity contribution < 1.29 is 0 Å². The first kappa shape index (κ1) is 11.8. The molecule has 0 saturated carbocycles. The Kier molecular flexibility index (Phi) is 3.89. The van der Waals surface area contributed by atoms with Crippen molar-refractivity contribution in [1.29, 1.82) is 0 Å². The maximum Gasteiger partial charge on any atom is 0.0312 e. The van der Waals surface area contributed by atoms with E-state index in [0.717, 1.165) is 6.54 Å². The fourth-order valence-corrected chi connectivity index (χ4v) is 1.83. The predicted molar refractivity (Wildman–Crippen MR) is 70.7 cm³/mol. The Balaban J connectivity index is 1.96. The molecule has 2 heteroatoms. The zero-order chi connectivity index (χ0) is 12.1. The van der Waals surface area contributed by atoms with E-state index in [0.29, 0.717) is 6.04 Å². The minimum atomic E-state index is 0.357. The highest BCUT2D eigenvalue weighted by Gasteiger charge is 2.04. The van der Waals surface area contributed by atoms with Gasteiger partial charge in [0.05, 0.1) is 0 Å². The van der Waals surface area contributed by atoms with Crippen molar-refractivity contribution in [3.05, 3.63) is 65.5 Å². The highest BCUT2D eigenvalue weighted by Crippen LogP contribution is 2.14. The molecule has 0 aliphatic carbocycles. The monoisotopic (exact) mass is 226 g/mol. The van der Waals surface area contributed by atoms with Crippen LogP contribution in [0.5, 0.6) is 0 Å². The maximum absolute atomic E-state index is 4.11. The molecule has 0 spiro atoms. The largest absolute Gasteiger partial charge is 0.306 e. The summed E-state index contributed by atoms with van der Waals surface area (Å²) in [7, 11) is 0. The summed E-state index contributed by atoms with van der Waals surface area (Å²) >= 11 is 0. The Hall–Kier alpha value is -1.67. The van der Waals surface area contributed by atoms with Gasteiger partial charge in [0, 0.05) is 25.0 Å². The van der Waals surface area contributed by atoms with Crippen molar-refractivity contribution in [2.45, 2.75) is 26.4 Å². The zero-order valence-electron chi connectivity index (χ0n) is 10.4. The van der Waals surface area contributed by atoms with Crippen LogP contribution in [0.25, 0.3) is 0 Å². The average Bonchev–Trinajstić information content (AvgIpc) is 2.37. The number of hydrogen-bond acceptors (Lipinski definition) is 2. The summed E-state index contributed by atoms with van der Waals surface area (Å²) in [6, 6.07) is 13.0. The van der Waals surface area contributed by atoms with Gasteiger partial charge in [0.15, 0.2) is 0 Å². The Labute approximate surface area is 103 Å². The first-order valence-electron chi connectivity index (χ1n) is 5.94. The van der Waals surface area contributed by atoms with Gasteiger partial charge in [-0.3, -0.25) is 4.98 Å². The second kappa shape index (κ2) is 5.60. The van der Waals surface area contributed by atoms with Gasteiger partial charge in [0.1, 0.15) is 0 Å². The molecule has 17 heavy (non-hydrogen) atoms. The van der Waals surface area contributed by atoms with Crippen molar-refractivity contribution in [1.82, 2.24) is 10.3 Å². The van der Waals surface area contributed by atoms with Gasteiger partial charge in [-0.2, -0.15) is 0 Å². The van der Waals surface area contributed by atoms with Crippen LogP contribution in [0.15, 0.2) is 48.8 Å². The molecular weight excluding hydrogens is 208 g/mol. The first-order chi connectivity index (χ1) is 8.25. The molecule has 2 aromatic rings. The van der Waals surface area contributed by atoms with Gasteiger partial charge in [0.2, 0.25) is 0 Å². The van der Waals surface area contributed by atoms with E-state index < -0.39 is 0 Å². The van der Waals surface area contributed by atoms with Crippen LogP contribution in [0, 0.1) is 6.92 Å². The van der Waals surface area contributed by atoms with E-state index in [-0.39, 0.29) is 0 Å². The molecule has 0 amide bonds. The minimum Gasteiger partial charge on any atom is -0.306 e. The topological polar surface area (TPSA) is 24.9 Å². The van der Waals surface area contributed by atoms with Gasteiger partial charge in [-0.25, -0.2) is 0 Å². The third-order valence-corrected chi connectivity index (χ3v) is 2.88. The SMILES string of the molecule is Cc1cccc([C@@H](C)NCc2cccnc2)c1. The number of pyridine rings is 1. The van der Waals surface area contributed by atoms with E-state index in [1.165, 1.54) is 16.7 Å². The van der Waals surface area contributed by atoms with Gasteiger partial charge in [-0.1, -0.05) is 35.9 Å². The molecule has 0 bridgehead atoms. The summed E-state index contributed by atoms with van der Waals surface area (Å²) in [5.74, 6) is 0. The fourth-order valence-electron chi connectivity index (χ4n) is 1.83. The van der Waals surface area contributed by atoms with Crippen LogP contribution in [0.2, 0.25) is 0 Å². The lowest BCUT2D eigenvalue weighted by Crippen LogP contribution is -2.18. The number of benzene rings is 1. The molecule has 1 aromatic carbocycles. The van der Waals surface area contributed by atoms with Crippen molar-refractivity contribution in [2.24, 2.45) is 0 Å². The number of aromatic nitrogens is 1. The number of nitrogens with one attached hydrogen (secondary N) is 1. The number of nitrogens with zero attached hydrogens (tertiary/aromatic N) is 1. The number of aryl methyl sites for hydroxylation is 1. The normalized spacial score (nSPS) is 12.4. The highest BCUT2D eigenvalue weighted by atomic mass is 14.9. The van der Waals surface area contributed by atoms with Crippen molar-refractivity contribution in [3.8, 4) is 0 Å². The lowest BCUT2D eigenvalue weighted by Gasteiger charge is -2.14. The van der Waals surface area contributed by atoms with Gasteiger partial charge in [-0.05, 0) is 31.0 Å². The summed E-state index contributed by atoms with van der Waals surface area (Å²) in [6.07, 6.45) is 3.70. The van der Waals surface area contributed by atoms with Gasteiger partial charge >= 0.3 is 0 Å². The summed E-state index contributed by atoms with van der Waals surface area (Å²) < 4.78 is 0. The molecule has 1 aromatic heterocycles. The standard InChI is InChI=1S/C15H18N2/c1-12-5-3-7-15(9-12)13(2)17-11-14-6-4-8-16-10-14/h3-10,13,17H,11H2,1-2H3/t13-/m1/s1. The second-order valence-corrected chi connectivity index (χ2v) is 4.38. The lowest BCUT2D eigenvalue weighted by molar-refractivity contribution is 0.573. The van der Waals surface area contributed by atoms with Crippen LogP contribution in [0.3, 0.4) is 0 Å². The maximum atomic E-state index is 4.11. The molecule has 0 aliphatic heterocycles. The van der Waals surface area contributed by atoms with Crippen LogP contribution >= 0.6 is 0 Å². The molecule has 1 N–H and O–H groups in total. The molecule has 1 heterocycles. The number of hydrogen-bond donors (Lipinski definition) is 1. The summed E-state index contributed by atoms with van der Waals surface area (Å²) in [6.45, 7) is 5.16. The third kappa shape index (κ3) is 3.40. The predicted octanol–water partition coefficient (Wildman–Crippen LogP) is 3.24. The Morgan fingerprint density at radius 1 is 1.24 bits per heavy atom. The van der Waals surface area contributed by atoms with E-state index in [1.54, 1.807) is 6.20 Å². The van der Waals surface area contributed by atoms with E-state index in [4.69, 9.17) is 0 Å². The Bertz CT molecular complexity index is 465. The highest BCUT2D eigenvalue weighted by molar-refractivity contribution is 5.24. The summed E-state index contributed by atoms with van der Waals surface area (Å²) in [4.78, 5) is 4.11. The van der Waals surface area contributed by atoms with E-state index >= 15 is 0 Å². The van der Waals surface area contributed by atoms with Gasteiger partial charge in [-0.15, -0.1) is 0 Å². The quantitative estimate of drug-likeness (QED) is 0.865. The first-order valence-corrected chi connectivity index (χ1v) is 5.94. The van der Waals surface area contributed by atoms with Crippen molar-refractivity contribution >= 4 is 0 Å². The third-order valence-electron chi connectivity index (χ3n) is 2.88. The fraction of sp³-hybridized carbons (Fsp3) is 0.267.